The third-order valence-electron chi connectivity index (χ3n) is 1.12. The average Bonchev–Trinajstić information content (AvgIpc) is 2.00. The Morgan fingerprint density at radius 1 is 1.10 bits per heavy atom. The van der Waals surface area contributed by atoms with Crippen LogP contribution in [0.1, 0.15) is 5.56 Å². The molecule has 0 heterocycles. The van der Waals surface area contributed by atoms with Gasteiger partial charge in [0.05, 0.1) is 0 Å². The minimum absolute atomic E-state index is 0.368. The Labute approximate surface area is 60.8 Å². The maximum atomic E-state index is 8.92. The maximum absolute atomic E-state index is 8.92. The van der Waals surface area contributed by atoms with Crippen molar-refractivity contribution in [2.75, 3.05) is 7.11 Å². The first-order valence-corrected chi connectivity index (χ1v) is 3.00. The van der Waals surface area contributed by atoms with Gasteiger partial charge in [0, 0.05) is 7.11 Å². The lowest BCUT2D eigenvalue weighted by Crippen LogP contribution is -1.68. The van der Waals surface area contributed by atoms with Crippen molar-refractivity contribution in [1.29, 1.82) is 0 Å². The highest BCUT2D eigenvalue weighted by Gasteiger charge is 1.86. The summed E-state index contributed by atoms with van der Waals surface area (Å²) in [6, 6.07) is 7.25. The van der Waals surface area contributed by atoms with E-state index in [2.05, 4.69) is 0 Å². The lowest BCUT2D eigenvalue weighted by molar-refractivity contribution is 0.399. The van der Waals surface area contributed by atoms with Gasteiger partial charge in [-0.1, -0.05) is 18.2 Å². The van der Waals surface area contributed by atoms with Gasteiger partial charge in [0.25, 0.3) is 0 Å². The molecule has 1 aromatic carbocycles. The quantitative estimate of drug-likeness (QED) is 0.570. The van der Waals surface area contributed by atoms with Crippen molar-refractivity contribution in [2.45, 2.75) is 6.92 Å². The number of aliphatic hydroxyl groups is 1. The summed E-state index contributed by atoms with van der Waals surface area (Å²) >= 11 is 0. The molecule has 2 nitrogen and oxygen atoms in total. The Morgan fingerprint density at radius 3 is 1.90 bits per heavy atom. The van der Waals surface area contributed by atoms with Crippen molar-refractivity contribution in [3.8, 4) is 5.75 Å². The van der Waals surface area contributed by atoms with Gasteiger partial charge in [0.2, 0.25) is 0 Å². The molecule has 0 fully saturated rings. The number of hydrogen-bond acceptors (Lipinski definition) is 2. The summed E-state index contributed by atoms with van der Waals surface area (Å²) in [5, 5.41) is 15.9. The molecule has 1 rings (SSSR count). The first-order valence-electron chi connectivity index (χ1n) is 3.00. The third kappa shape index (κ3) is 2.51. The Balaban J connectivity index is 0.000000371. The molecule has 0 saturated carbocycles. The lowest BCUT2D eigenvalue weighted by Gasteiger charge is -1.92. The number of para-hydroxylation sites is 1. The fraction of sp³-hybridized carbons (Fsp3) is 0.250. The number of phenols is 1. The zero-order chi connectivity index (χ0) is 7.98. The molecule has 56 valence electrons. The summed E-state index contributed by atoms with van der Waals surface area (Å²) in [5.41, 5.74) is 0.924. The van der Waals surface area contributed by atoms with Crippen LogP contribution in [0.5, 0.6) is 5.75 Å². The van der Waals surface area contributed by atoms with Crippen LogP contribution in [0.15, 0.2) is 24.3 Å². The van der Waals surface area contributed by atoms with E-state index < -0.39 is 0 Å². The van der Waals surface area contributed by atoms with Crippen molar-refractivity contribution < 1.29 is 10.2 Å². The molecule has 0 radical (unpaired) electrons. The van der Waals surface area contributed by atoms with E-state index in [0.717, 1.165) is 12.7 Å². The second-order valence-corrected chi connectivity index (χ2v) is 1.79. The number of benzene rings is 1. The minimum Gasteiger partial charge on any atom is -0.508 e. The Kier molecular flexibility index (Phi) is 4.33. The normalized spacial score (nSPS) is 7.90. The highest BCUT2D eigenvalue weighted by Crippen LogP contribution is 2.12. The van der Waals surface area contributed by atoms with Gasteiger partial charge in [0.15, 0.2) is 0 Å². The SMILES string of the molecule is CO.Cc1ccccc1O. The van der Waals surface area contributed by atoms with E-state index in [1.165, 1.54) is 0 Å². The molecule has 0 aliphatic carbocycles. The minimum atomic E-state index is 0.368. The number of rotatable bonds is 0. The van der Waals surface area contributed by atoms with E-state index in [0.29, 0.717) is 5.75 Å². The molecule has 0 aliphatic heterocycles. The van der Waals surface area contributed by atoms with E-state index in [4.69, 9.17) is 10.2 Å². The van der Waals surface area contributed by atoms with Gasteiger partial charge in [-0.2, -0.15) is 0 Å². The molecule has 0 saturated heterocycles. The average molecular weight is 140 g/mol. The lowest BCUT2D eigenvalue weighted by atomic mass is 10.2. The molecule has 2 N–H and O–H groups in total. The highest BCUT2D eigenvalue weighted by atomic mass is 16.3. The smallest absolute Gasteiger partial charge is 0.118 e. The highest BCUT2D eigenvalue weighted by molar-refractivity contribution is 5.29. The van der Waals surface area contributed by atoms with Crippen molar-refractivity contribution in [2.24, 2.45) is 0 Å². The van der Waals surface area contributed by atoms with Gasteiger partial charge in [-0.05, 0) is 18.6 Å². The zero-order valence-corrected chi connectivity index (χ0v) is 6.20. The molecule has 0 atom stereocenters. The van der Waals surface area contributed by atoms with Crippen LogP contribution < -0.4 is 0 Å². The fourth-order valence-corrected chi connectivity index (χ4v) is 0.563. The van der Waals surface area contributed by atoms with Crippen LogP contribution in [0.3, 0.4) is 0 Å². The first kappa shape index (κ1) is 8.98. The van der Waals surface area contributed by atoms with Crippen LogP contribution in [0.25, 0.3) is 0 Å². The van der Waals surface area contributed by atoms with Crippen LogP contribution in [0, 0.1) is 6.92 Å². The third-order valence-corrected chi connectivity index (χ3v) is 1.12. The molecule has 0 amide bonds. The van der Waals surface area contributed by atoms with Crippen LogP contribution in [0.4, 0.5) is 0 Å². The molecule has 0 aliphatic rings. The largest absolute Gasteiger partial charge is 0.508 e. The van der Waals surface area contributed by atoms with Crippen molar-refractivity contribution in [3.63, 3.8) is 0 Å². The van der Waals surface area contributed by atoms with Gasteiger partial charge in [-0.15, -0.1) is 0 Å². The van der Waals surface area contributed by atoms with Crippen molar-refractivity contribution >= 4 is 0 Å². The topological polar surface area (TPSA) is 40.5 Å². The molecule has 0 bridgehead atoms. The van der Waals surface area contributed by atoms with Crippen molar-refractivity contribution in [3.05, 3.63) is 29.8 Å². The molecule has 0 spiro atoms. The maximum Gasteiger partial charge on any atom is 0.118 e. The second kappa shape index (κ2) is 4.82. The number of hydrogen-bond donors (Lipinski definition) is 2. The Morgan fingerprint density at radius 2 is 1.60 bits per heavy atom. The van der Waals surface area contributed by atoms with Gasteiger partial charge < -0.3 is 10.2 Å². The molecule has 10 heavy (non-hydrogen) atoms. The van der Waals surface area contributed by atoms with Crippen LogP contribution >= 0.6 is 0 Å². The second-order valence-electron chi connectivity index (χ2n) is 1.79. The Bertz CT molecular complexity index is 163. The van der Waals surface area contributed by atoms with Crippen molar-refractivity contribution in [1.82, 2.24) is 0 Å². The number of aliphatic hydroxyl groups excluding tert-OH is 1. The predicted molar refractivity (Wildman–Crippen MR) is 41.0 cm³/mol. The van der Waals surface area contributed by atoms with Gasteiger partial charge >= 0.3 is 0 Å². The molecule has 1 aromatic rings. The molecule has 0 aromatic heterocycles. The van der Waals surface area contributed by atoms with E-state index in [9.17, 15) is 0 Å². The van der Waals surface area contributed by atoms with E-state index >= 15 is 0 Å². The summed E-state index contributed by atoms with van der Waals surface area (Å²) < 4.78 is 0. The van der Waals surface area contributed by atoms with Crippen LogP contribution in [-0.2, 0) is 0 Å². The molecule has 2 heteroatoms. The summed E-state index contributed by atoms with van der Waals surface area (Å²) in [4.78, 5) is 0. The zero-order valence-electron chi connectivity index (χ0n) is 6.20. The molecular formula is C8H12O2. The summed E-state index contributed by atoms with van der Waals surface area (Å²) in [5.74, 6) is 0.368. The number of aryl methyl sites for hydroxylation is 1. The van der Waals surface area contributed by atoms with E-state index in [-0.39, 0.29) is 0 Å². The Hall–Kier alpha value is -1.02. The van der Waals surface area contributed by atoms with E-state index in [1.54, 1.807) is 6.07 Å². The molecule has 0 unspecified atom stereocenters. The number of aromatic hydroxyl groups is 1. The standard InChI is InChI=1S/C7H8O.CH4O/c1-6-4-2-3-5-7(6)8;1-2/h2-5,8H,1H3;2H,1H3. The first-order chi connectivity index (χ1) is 4.80. The summed E-state index contributed by atoms with van der Waals surface area (Å²) in [6.45, 7) is 1.87. The monoisotopic (exact) mass is 140 g/mol. The molecular weight excluding hydrogens is 128 g/mol. The predicted octanol–water partition coefficient (Wildman–Crippen LogP) is 1.31. The van der Waals surface area contributed by atoms with Gasteiger partial charge in [-0.3, -0.25) is 0 Å². The number of phenolic OH excluding ortho intramolecular Hbond substituents is 1. The van der Waals surface area contributed by atoms with E-state index in [1.807, 2.05) is 25.1 Å². The van der Waals surface area contributed by atoms with Gasteiger partial charge in [0.1, 0.15) is 5.75 Å². The van der Waals surface area contributed by atoms with Gasteiger partial charge in [-0.25, -0.2) is 0 Å². The fourth-order valence-electron chi connectivity index (χ4n) is 0.563. The summed E-state index contributed by atoms with van der Waals surface area (Å²) in [7, 11) is 1.00. The summed E-state index contributed by atoms with van der Waals surface area (Å²) in [6.07, 6.45) is 0. The van der Waals surface area contributed by atoms with Crippen LogP contribution in [0.2, 0.25) is 0 Å². The van der Waals surface area contributed by atoms with Crippen LogP contribution in [-0.4, -0.2) is 17.3 Å².